The number of aromatic nitrogens is 2. The summed E-state index contributed by atoms with van der Waals surface area (Å²) in [5.74, 6) is 1.20. The average molecular weight is 426 g/mol. The van der Waals surface area contributed by atoms with Gasteiger partial charge in [0.2, 0.25) is 17.4 Å². The number of rotatable bonds is 6. The van der Waals surface area contributed by atoms with Crippen molar-refractivity contribution in [3.8, 4) is 11.5 Å². The van der Waals surface area contributed by atoms with E-state index in [0.717, 1.165) is 43.1 Å². The normalized spacial score (nSPS) is 14.8. The molecule has 6 nitrogen and oxygen atoms in total. The smallest absolute Gasteiger partial charge is 0.247 e. The Balaban J connectivity index is 1.24. The summed E-state index contributed by atoms with van der Waals surface area (Å²) in [6.07, 6.45) is 7.17. The summed E-state index contributed by atoms with van der Waals surface area (Å²) in [6.45, 7) is 1.61. The van der Waals surface area contributed by atoms with Gasteiger partial charge in [0.05, 0.1) is 11.3 Å². The minimum absolute atomic E-state index is 0.161. The topological polar surface area (TPSA) is 79.2 Å². The summed E-state index contributed by atoms with van der Waals surface area (Å²) >= 11 is 5.95. The van der Waals surface area contributed by atoms with E-state index in [1.54, 1.807) is 18.5 Å². The van der Waals surface area contributed by atoms with Gasteiger partial charge in [0.1, 0.15) is 6.26 Å². The molecule has 7 heteroatoms. The molecule has 0 spiro atoms. The zero-order valence-corrected chi connectivity index (χ0v) is 17.4. The third kappa shape index (κ3) is 5.19. The molecule has 0 saturated carbocycles. The van der Waals surface area contributed by atoms with Crippen molar-refractivity contribution < 1.29 is 9.21 Å². The molecule has 2 aromatic heterocycles. The highest BCUT2D eigenvalue weighted by atomic mass is 35.5. The number of aryl methyl sites for hydroxylation is 1. The van der Waals surface area contributed by atoms with Gasteiger partial charge in [0.15, 0.2) is 0 Å². The Morgan fingerprint density at radius 1 is 1.17 bits per heavy atom. The lowest BCUT2D eigenvalue weighted by Crippen LogP contribution is -2.39. The van der Waals surface area contributed by atoms with Gasteiger partial charge < -0.3 is 14.3 Å². The maximum atomic E-state index is 12.6. The van der Waals surface area contributed by atoms with Gasteiger partial charge in [-0.2, -0.15) is 0 Å². The van der Waals surface area contributed by atoms with Crippen LogP contribution in [0.25, 0.3) is 11.5 Å². The number of hydrogen-bond donors (Lipinski definition) is 1. The number of aromatic amines is 1. The molecule has 1 N–H and O–H groups in total. The van der Waals surface area contributed by atoms with Gasteiger partial charge in [-0.3, -0.25) is 9.59 Å². The van der Waals surface area contributed by atoms with Crippen LogP contribution in [0.1, 0.15) is 30.5 Å². The molecule has 1 aliphatic heterocycles. The Hall–Kier alpha value is -2.86. The van der Waals surface area contributed by atoms with Crippen LogP contribution in [0.3, 0.4) is 0 Å². The molecule has 4 rings (SSSR count). The minimum Gasteiger partial charge on any atom is -0.444 e. The molecule has 1 amide bonds. The summed E-state index contributed by atoms with van der Waals surface area (Å²) in [5, 5.41) is 0.761. The highest BCUT2D eigenvalue weighted by Crippen LogP contribution is 2.23. The minimum atomic E-state index is -0.173. The van der Waals surface area contributed by atoms with Crippen molar-refractivity contribution in [2.45, 2.75) is 32.1 Å². The van der Waals surface area contributed by atoms with E-state index in [2.05, 4.69) is 22.1 Å². The Kier molecular flexibility index (Phi) is 6.33. The van der Waals surface area contributed by atoms with Crippen molar-refractivity contribution in [3.63, 3.8) is 0 Å². The number of likely N-dealkylation sites (tertiary alicyclic amines) is 1. The molecule has 3 aromatic rings. The molecule has 0 atom stereocenters. The molecular formula is C23H24ClN3O3. The third-order valence-electron chi connectivity index (χ3n) is 5.58. The van der Waals surface area contributed by atoms with Gasteiger partial charge in [0, 0.05) is 43.2 Å². The number of nitrogens with zero attached hydrogens (tertiary/aromatic N) is 2. The fourth-order valence-electron chi connectivity index (χ4n) is 3.83. The number of piperidine rings is 1. The van der Waals surface area contributed by atoms with E-state index in [-0.39, 0.29) is 11.5 Å². The van der Waals surface area contributed by atoms with E-state index < -0.39 is 0 Å². The van der Waals surface area contributed by atoms with E-state index in [1.165, 1.54) is 11.6 Å². The third-order valence-corrected chi connectivity index (χ3v) is 5.83. The standard InChI is InChI=1S/C23H24ClN3O3/c24-19-4-1-16(2-5-19)13-17-9-11-27(12-10-17)22(29)8-6-20-15-30-23(26-20)18-3-7-21(28)25-14-18/h1-5,7,14-15,17H,6,8-13H2,(H,25,28). The number of hydrogen-bond acceptors (Lipinski definition) is 4. The van der Waals surface area contributed by atoms with E-state index in [1.807, 2.05) is 17.0 Å². The van der Waals surface area contributed by atoms with Crippen molar-refractivity contribution in [1.29, 1.82) is 0 Å². The number of benzene rings is 1. The fraction of sp³-hybridized carbons (Fsp3) is 0.348. The van der Waals surface area contributed by atoms with Crippen LogP contribution in [-0.4, -0.2) is 33.9 Å². The van der Waals surface area contributed by atoms with Gasteiger partial charge in [-0.15, -0.1) is 0 Å². The molecule has 0 radical (unpaired) electrons. The lowest BCUT2D eigenvalue weighted by atomic mass is 9.90. The van der Waals surface area contributed by atoms with Crippen LogP contribution in [0.5, 0.6) is 0 Å². The molecule has 1 saturated heterocycles. The second-order valence-electron chi connectivity index (χ2n) is 7.74. The molecule has 0 bridgehead atoms. The maximum Gasteiger partial charge on any atom is 0.247 e. The second kappa shape index (κ2) is 9.30. The van der Waals surface area contributed by atoms with Gasteiger partial charge >= 0.3 is 0 Å². The summed E-state index contributed by atoms with van der Waals surface area (Å²) in [5.41, 5.74) is 2.57. The summed E-state index contributed by atoms with van der Waals surface area (Å²) < 4.78 is 5.48. The molecule has 1 aromatic carbocycles. The highest BCUT2D eigenvalue weighted by Gasteiger charge is 2.23. The van der Waals surface area contributed by atoms with Gasteiger partial charge in [-0.1, -0.05) is 23.7 Å². The van der Waals surface area contributed by atoms with Crippen molar-refractivity contribution in [1.82, 2.24) is 14.9 Å². The van der Waals surface area contributed by atoms with Gasteiger partial charge in [-0.25, -0.2) is 4.98 Å². The van der Waals surface area contributed by atoms with E-state index in [9.17, 15) is 9.59 Å². The van der Waals surface area contributed by atoms with Gasteiger partial charge in [0.25, 0.3) is 0 Å². The molecule has 1 fully saturated rings. The average Bonchev–Trinajstić information content (AvgIpc) is 3.24. The molecular weight excluding hydrogens is 402 g/mol. The van der Waals surface area contributed by atoms with Crippen LogP contribution < -0.4 is 5.56 Å². The van der Waals surface area contributed by atoms with Crippen molar-refractivity contribution in [2.24, 2.45) is 5.92 Å². The molecule has 156 valence electrons. The number of halogens is 1. The van der Waals surface area contributed by atoms with Crippen LogP contribution in [0, 0.1) is 5.92 Å². The number of H-pyrrole nitrogens is 1. The SMILES string of the molecule is O=C(CCc1coc(-c2ccc(=O)[nH]c2)n1)N1CCC(Cc2ccc(Cl)cc2)CC1. The Labute approximate surface area is 179 Å². The van der Waals surface area contributed by atoms with Crippen molar-refractivity contribution >= 4 is 17.5 Å². The Morgan fingerprint density at radius 3 is 2.63 bits per heavy atom. The maximum absolute atomic E-state index is 12.6. The Morgan fingerprint density at radius 2 is 1.93 bits per heavy atom. The first-order valence-corrected chi connectivity index (χ1v) is 10.6. The summed E-state index contributed by atoms with van der Waals surface area (Å²) in [6, 6.07) is 11.1. The number of pyridine rings is 1. The monoisotopic (exact) mass is 425 g/mol. The van der Waals surface area contributed by atoms with Crippen LogP contribution in [0.2, 0.25) is 5.02 Å². The van der Waals surface area contributed by atoms with Gasteiger partial charge in [-0.05, 0) is 48.9 Å². The molecule has 3 heterocycles. The quantitative estimate of drug-likeness (QED) is 0.644. The van der Waals surface area contributed by atoms with Crippen molar-refractivity contribution in [3.05, 3.63) is 75.5 Å². The fourth-order valence-corrected chi connectivity index (χ4v) is 3.96. The molecule has 1 aliphatic rings. The predicted molar refractivity (Wildman–Crippen MR) is 115 cm³/mol. The largest absolute Gasteiger partial charge is 0.444 e. The zero-order chi connectivity index (χ0) is 20.9. The highest BCUT2D eigenvalue weighted by molar-refractivity contribution is 6.30. The number of carbonyl (C=O) groups excluding carboxylic acids is 1. The first kappa shape index (κ1) is 20.4. The van der Waals surface area contributed by atoms with Crippen LogP contribution in [0.15, 0.2) is 58.1 Å². The zero-order valence-electron chi connectivity index (χ0n) is 16.6. The second-order valence-corrected chi connectivity index (χ2v) is 8.18. The lowest BCUT2D eigenvalue weighted by Gasteiger charge is -2.32. The number of nitrogens with one attached hydrogen (secondary N) is 1. The first-order valence-electron chi connectivity index (χ1n) is 10.2. The lowest BCUT2D eigenvalue weighted by molar-refractivity contribution is -0.132. The summed E-state index contributed by atoms with van der Waals surface area (Å²) in [4.78, 5) is 32.7. The molecule has 0 unspecified atom stereocenters. The molecule has 30 heavy (non-hydrogen) atoms. The van der Waals surface area contributed by atoms with E-state index in [4.69, 9.17) is 16.0 Å². The number of carbonyl (C=O) groups is 1. The van der Waals surface area contributed by atoms with Crippen LogP contribution >= 0.6 is 11.6 Å². The van der Waals surface area contributed by atoms with Crippen LogP contribution in [0.4, 0.5) is 0 Å². The summed E-state index contributed by atoms with van der Waals surface area (Å²) in [7, 11) is 0. The predicted octanol–water partition coefficient (Wildman–Crippen LogP) is 4.10. The number of amides is 1. The first-order chi connectivity index (χ1) is 14.6. The van der Waals surface area contributed by atoms with Crippen LogP contribution in [-0.2, 0) is 17.6 Å². The van der Waals surface area contributed by atoms with E-state index >= 15 is 0 Å². The van der Waals surface area contributed by atoms with Crippen molar-refractivity contribution in [2.75, 3.05) is 13.1 Å². The number of oxazole rings is 1. The molecule has 0 aliphatic carbocycles. The van der Waals surface area contributed by atoms with E-state index in [0.29, 0.717) is 30.2 Å². The Bertz CT molecular complexity index is 1030.